The third-order valence-corrected chi connectivity index (χ3v) is 7.74. The minimum atomic E-state index is -1.54. The summed E-state index contributed by atoms with van der Waals surface area (Å²) in [7, 11) is 1.55. The van der Waals surface area contributed by atoms with E-state index in [1.165, 1.54) is 0 Å². The lowest BCUT2D eigenvalue weighted by atomic mass is 9.84. The molecule has 4 aliphatic rings. The van der Waals surface area contributed by atoms with Crippen LogP contribution in [-0.2, 0) is 23.7 Å². The van der Waals surface area contributed by atoms with E-state index in [1.54, 1.807) is 7.05 Å². The average molecular weight is 576 g/mol. The number of ether oxygens (including phenoxy) is 5. The summed E-state index contributed by atoms with van der Waals surface area (Å²) in [6.45, 7) is -0.508. The molecule has 3 saturated heterocycles. The smallest absolute Gasteiger partial charge is 0.189 e. The van der Waals surface area contributed by atoms with E-state index in [0.717, 1.165) is 0 Å². The molecule has 4 rings (SSSR count). The summed E-state index contributed by atoms with van der Waals surface area (Å²) in [6, 6.07) is -4.05. The maximum atomic E-state index is 11.1. The quantitative estimate of drug-likeness (QED) is 0.140. The Labute approximate surface area is 225 Å². The highest BCUT2D eigenvalue weighted by Gasteiger charge is 2.54. The van der Waals surface area contributed by atoms with Gasteiger partial charge in [0, 0.05) is 12.1 Å². The van der Waals surface area contributed by atoms with E-state index < -0.39 is 111 Å². The zero-order valence-electron chi connectivity index (χ0n) is 20.9. The maximum absolute atomic E-state index is 11.1. The first-order valence-corrected chi connectivity index (χ1v) is 12.5. The predicted molar refractivity (Wildman–Crippen MR) is 130 cm³/mol. The number of hydrogen-bond acceptors (Lipinski definition) is 16. The highest BCUT2D eigenvalue weighted by Crippen LogP contribution is 2.35. The van der Waals surface area contributed by atoms with E-state index in [4.69, 9.17) is 46.6 Å². The highest BCUT2D eigenvalue weighted by atomic mass is 35.5. The lowest BCUT2D eigenvalue weighted by Crippen LogP contribution is -2.70. The average Bonchev–Trinajstić information content (AvgIpc) is 2.86. The van der Waals surface area contributed by atoms with E-state index in [-0.39, 0.29) is 25.2 Å². The molecule has 0 aromatic heterocycles. The van der Waals surface area contributed by atoms with Crippen molar-refractivity contribution >= 4 is 12.4 Å². The Balaban J connectivity index is 0.00000400. The van der Waals surface area contributed by atoms with Crippen molar-refractivity contribution in [2.75, 3.05) is 13.7 Å². The van der Waals surface area contributed by atoms with E-state index >= 15 is 0 Å². The second kappa shape index (κ2) is 13.1. The molecule has 17 atom stereocenters. The summed E-state index contributed by atoms with van der Waals surface area (Å²) in [4.78, 5) is 0. The molecule has 38 heavy (non-hydrogen) atoms. The van der Waals surface area contributed by atoms with Gasteiger partial charge in [-0.2, -0.15) is 0 Å². The third-order valence-electron chi connectivity index (χ3n) is 7.74. The van der Waals surface area contributed by atoms with Crippen LogP contribution in [-0.4, -0.2) is 148 Å². The summed E-state index contributed by atoms with van der Waals surface area (Å²) in [5.74, 6) is 0. The Morgan fingerprint density at radius 1 is 0.737 bits per heavy atom. The fraction of sp³-hybridized carbons (Fsp3) is 1.00. The summed E-state index contributed by atoms with van der Waals surface area (Å²) in [5, 5.41) is 64.7. The van der Waals surface area contributed by atoms with Crippen molar-refractivity contribution in [1.29, 1.82) is 0 Å². The van der Waals surface area contributed by atoms with Crippen LogP contribution < -0.4 is 28.3 Å². The van der Waals surface area contributed by atoms with Crippen molar-refractivity contribution < 1.29 is 54.3 Å². The standard InChI is InChI=1S/C21H41N5O11.ClH/c1-26-11-14(30)18-8(33-20(11)37-21-16(32)13(29)10(25)9(4-27)34-21)3-7(24)19(36-18)35-17-6(23)2-5(22)12(28)15(17)31;/h5-21,26-32H,2-4,22-25H2,1H3;1H/t5-,6+,7-,8+,9-,10-,11+,12+,13+,14-,15-,16-,17-,18+,19+,20-,21-;/m1./s1. The third kappa shape index (κ3) is 6.12. The Hall–Kier alpha value is -0.350. The lowest BCUT2D eigenvalue weighted by molar-refractivity contribution is -0.373. The Morgan fingerprint density at radius 2 is 1.42 bits per heavy atom. The van der Waals surface area contributed by atoms with Crippen molar-refractivity contribution in [1.82, 2.24) is 5.32 Å². The molecule has 3 aliphatic heterocycles. The summed E-state index contributed by atoms with van der Waals surface area (Å²) in [5.41, 5.74) is 24.0. The van der Waals surface area contributed by atoms with Crippen molar-refractivity contribution in [2.45, 2.75) is 117 Å². The first-order valence-electron chi connectivity index (χ1n) is 12.5. The molecule has 0 radical (unpaired) electrons. The molecule has 16 nitrogen and oxygen atoms in total. The molecular formula is C21H42ClN5O11. The number of fused-ring (bicyclic) bond motifs is 1. The molecular weight excluding hydrogens is 534 g/mol. The SMILES string of the molecule is CN[C@@H]1[C@@H](O[C@H]2O[C@H](CO)[C@@H](N)[C@H](O)[C@H]2O)O[C@H]2C[C@@H](N)[C@@H](O[C@H]3[C@H](O)[C@@H](O)[C@H](N)C[C@@H]3N)O[C@@H]2[C@@H]1O.Cl. The minimum Gasteiger partial charge on any atom is -0.394 e. The van der Waals surface area contributed by atoms with E-state index in [9.17, 15) is 30.6 Å². The number of hydrogen-bond donors (Lipinski definition) is 11. The van der Waals surface area contributed by atoms with Gasteiger partial charge in [0.25, 0.3) is 0 Å². The number of nitrogens with one attached hydrogen (secondary N) is 1. The van der Waals surface area contributed by atoms with Crippen molar-refractivity contribution in [3.05, 3.63) is 0 Å². The first kappa shape index (κ1) is 32.2. The number of aliphatic hydroxyl groups excluding tert-OH is 6. The van der Waals surface area contributed by atoms with Crippen LogP contribution in [0.1, 0.15) is 12.8 Å². The monoisotopic (exact) mass is 575 g/mol. The summed E-state index contributed by atoms with van der Waals surface area (Å²) < 4.78 is 29.2. The summed E-state index contributed by atoms with van der Waals surface area (Å²) in [6.07, 6.45) is -13.7. The number of halogens is 1. The van der Waals surface area contributed by atoms with Gasteiger partial charge in [0.15, 0.2) is 18.9 Å². The van der Waals surface area contributed by atoms with Gasteiger partial charge in [-0.05, 0) is 19.9 Å². The molecule has 0 aromatic rings. The van der Waals surface area contributed by atoms with Gasteiger partial charge in [-0.1, -0.05) is 0 Å². The van der Waals surface area contributed by atoms with Crippen LogP contribution in [0.15, 0.2) is 0 Å². The fourth-order valence-corrected chi connectivity index (χ4v) is 5.46. The zero-order valence-corrected chi connectivity index (χ0v) is 21.7. The molecule has 4 fully saturated rings. The molecule has 0 unspecified atom stereocenters. The molecule has 3 heterocycles. The highest BCUT2D eigenvalue weighted by molar-refractivity contribution is 5.85. The van der Waals surface area contributed by atoms with Gasteiger partial charge < -0.3 is 82.6 Å². The van der Waals surface area contributed by atoms with Gasteiger partial charge in [0.1, 0.15) is 42.7 Å². The van der Waals surface area contributed by atoms with Crippen LogP contribution >= 0.6 is 12.4 Å². The minimum absolute atomic E-state index is 0. The number of nitrogens with two attached hydrogens (primary N) is 4. The molecule has 0 aromatic carbocycles. The molecule has 15 N–H and O–H groups in total. The molecule has 1 aliphatic carbocycles. The molecule has 0 bridgehead atoms. The molecule has 224 valence electrons. The van der Waals surface area contributed by atoms with Crippen LogP contribution in [0.25, 0.3) is 0 Å². The van der Waals surface area contributed by atoms with E-state index in [0.29, 0.717) is 0 Å². The first-order chi connectivity index (χ1) is 17.5. The summed E-state index contributed by atoms with van der Waals surface area (Å²) >= 11 is 0. The van der Waals surface area contributed by atoms with Crippen LogP contribution in [0.3, 0.4) is 0 Å². The Bertz CT molecular complexity index is 762. The van der Waals surface area contributed by atoms with Crippen molar-refractivity contribution in [3.8, 4) is 0 Å². The molecule has 1 saturated carbocycles. The second-order valence-electron chi connectivity index (χ2n) is 10.3. The lowest BCUT2D eigenvalue weighted by Gasteiger charge is -2.51. The largest absolute Gasteiger partial charge is 0.394 e. The molecule has 17 heteroatoms. The van der Waals surface area contributed by atoms with Crippen LogP contribution in [0.4, 0.5) is 0 Å². The van der Waals surface area contributed by atoms with Crippen molar-refractivity contribution in [2.24, 2.45) is 22.9 Å². The molecule has 0 amide bonds. The normalized spacial score (nSPS) is 53.6. The van der Waals surface area contributed by atoms with Gasteiger partial charge in [-0.25, -0.2) is 0 Å². The van der Waals surface area contributed by atoms with Gasteiger partial charge >= 0.3 is 0 Å². The Morgan fingerprint density at radius 3 is 2.05 bits per heavy atom. The number of aliphatic hydroxyl groups is 6. The van der Waals surface area contributed by atoms with E-state index in [1.807, 2.05) is 0 Å². The van der Waals surface area contributed by atoms with Crippen LogP contribution in [0.5, 0.6) is 0 Å². The maximum Gasteiger partial charge on any atom is 0.189 e. The van der Waals surface area contributed by atoms with Gasteiger partial charge in [0.2, 0.25) is 0 Å². The van der Waals surface area contributed by atoms with Gasteiger partial charge in [-0.3, -0.25) is 0 Å². The fourth-order valence-electron chi connectivity index (χ4n) is 5.46. The second-order valence-corrected chi connectivity index (χ2v) is 10.3. The predicted octanol–water partition coefficient (Wildman–Crippen LogP) is -6.53. The number of likely N-dealkylation sites (N-methyl/N-ethyl adjacent to an activating group) is 1. The van der Waals surface area contributed by atoms with Crippen molar-refractivity contribution in [3.63, 3.8) is 0 Å². The number of rotatable bonds is 6. The van der Waals surface area contributed by atoms with Crippen LogP contribution in [0, 0.1) is 0 Å². The van der Waals surface area contributed by atoms with E-state index in [2.05, 4.69) is 5.32 Å². The zero-order chi connectivity index (χ0) is 27.2. The van der Waals surface area contributed by atoms with Gasteiger partial charge in [0.05, 0.1) is 36.9 Å². The topological polar surface area (TPSA) is 284 Å². The van der Waals surface area contributed by atoms with Crippen LogP contribution in [0.2, 0.25) is 0 Å². The Kier molecular flexibility index (Phi) is 11.1. The molecule has 0 spiro atoms. The van der Waals surface area contributed by atoms with Gasteiger partial charge in [-0.15, -0.1) is 12.4 Å².